The second kappa shape index (κ2) is 7.51. The molecule has 0 saturated carbocycles. The molecule has 3 rings (SSSR count). The summed E-state index contributed by atoms with van der Waals surface area (Å²) in [5.74, 6) is -0.310. The molecular weight excluding hydrogens is 341 g/mol. The van der Waals surface area contributed by atoms with Crippen LogP contribution in [0.4, 0.5) is 4.39 Å². The number of aromatic nitrogens is 3. The van der Waals surface area contributed by atoms with Crippen molar-refractivity contribution in [3.8, 4) is 5.75 Å². The molecule has 1 aromatic heterocycles. The predicted molar refractivity (Wildman–Crippen MR) is 89.5 cm³/mol. The van der Waals surface area contributed by atoms with Gasteiger partial charge in [-0.2, -0.15) is 0 Å². The highest BCUT2D eigenvalue weighted by Crippen LogP contribution is 2.24. The summed E-state index contributed by atoms with van der Waals surface area (Å²) >= 11 is 0. The summed E-state index contributed by atoms with van der Waals surface area (Å²) in [6.07, 6.45) is 0. The fourth-order valence-corrected chi connectivity index (χ4v) is 2.77. The highest BCUT2D eigenvalue weighted by molar-refractivity contribution is 5.81. The highest BCUT2D eigenvalue weighted by atomic mass is 19.1. The monoisotopic (exact) mass is 361 g/mol. The van der Waals surface area contributed by atoms with Crippen LogP contribution in [-0.2, 0) is 22.7 Å². The predicted octanol–water partition coefficient (Wildman–Crippen LogP) is 0.939. The Balaban J connectivity index is 1.57. The minimum absolute atomic E-state index is 0.0716. The molecule has 1 aliphatic rings. The Hall–Kier alpha value is -2.97. The first-order chi connectivity index (χ1) is 12.5. The van der Waals surface area contributed by atoms with E-state index < -0.39 is 6.04 Å². The van der Waals surface area contributed by atoms with E-state index in [9.17, 15) is 14.0 Å². The molecule has 26 heavy (non-hydrogen) atoms. The van der Waals surface area contributed by atoms with Crippen molar-refractivity contribution >= 4 is 11.8 Å². The van der Waals surface area contributed by atoms with E-state index in [2.05, 4.69) is 20.9 Å². The molecule has 1 atom stereocenters. The van der Waals surface area contributed by atoms with Gasteiger partial charge in [-0.3, -0.25) is 9.59 Å². The maximum absolute atomic E-state index is 12.8. The van der Waals surface area contributed by atoms with Crippen molar-refractivity contribution in [1.29, 1.82) is 0 Å². The molecule has 0 spiro atoms. The molecule has 2 heterocycles. The molecule has 2 N–H and O–H groups in total. The van der Waals surface area contributed by atoms with Gasteiger partial charge in [0.05, 0.1) is 18.8 Å². The number of nitrogens with zero attached hydrogens (tertiary/aromatic N) is 3. The molecule has 0 radical (unpaired) electrons. The van der Waals surface area contributed by atoms with Crippen molar-refractivity contribution < 1.29 is 18.7 Å². The Kier molecular flexibility index (Phi) is 5.15. The lowest BCUT2D eigenvalue weighted by molar-refractivity contribution is -0.127. The second-order valence-electron chi connectivity index (χ2n) is 6.35. The van der Waals surface area contributed by atoms with E-state index in [0.29, 0.717) is 18.0 Å². The summed E-state index contributed by atoms with van der Waals surface area (Å²) in [5.41, 5.74) is 1.38. The van der Waals surface area contributed by atoms with Crippen LogP contribution in [0.15, 0.2) is 24.3 Å². The van der Waals surface area contributed by atoms with Gasteiger partial charge in [-0.1, -0.05) is 19.1 Å². The topological polar surface area (TPSA) is 98.1 Å². The number of hydrogen-bond donors (Lipinski definition) is 2. The Bertz CT molecular complexity index is 803. The van der Waals surface area contributed by atoms with Gasteiger partial charge < -0.3 is 15.4 Å². The first-order valence-electron chi connectivity index (χ1n) is 8.31. The number of ether oxygens (including phenoxy) is 1. The Morgan fingerprint density at radius 2 is 2.15 bits per heavy atom. The first-order valence-corrected chi connectivity index (χ1v) is 8.31. The minimum atomic E-state index is -0.405. The summed E-state index contributed by atoms with van der Waals surface area (Å²) in [6.45, 7) is 4.19. The van der Waals surface area contributed by atoms with Crippen LogP contribution in [0.2, 0.25) is 0 Å². The van der Waals surface area contributed by atoms with E-state index >= 15 is 0 Å². The number of hydrogen-bond acceptors (Lipinski definition) is 5. The maximum atomic E-state index is 12.8. The average molecular weight is 361 g/mol. The molecule has 1 unspecified atom stereocenters. The molecular formula is C17H20FN5O3. The summed E-state index contributed by atoms with van der Waals surface area (Å²) in [4.78, 5) is 23.9. The molecule has 1 aromatic carbocycles. The van der Waals surface area contributed by atoms with E-state index in [1.165, 1.54) is 24.3 Å². The number of rotatable bonds is 6. The second-order valence-corrected chi connectivity index (χ2v) is 6.35. The SMILES string of the molecule is CC(C)C1C(=O)NCc2c(CNC(=O)COc3ccc(F)cc3)nnn21. The number of halogens is 1. The molecule has 0 aliphatic carbocycles. The number of nitrogens with one attached hydrogen (secondary N) is 2. The zero-order valence-corrected chi connectivity index (χ0v) is 14.5. The van der Waals surface area contributed by atoms with Crippen LogP contribution in [0.3, 0.4) is 0 Å². The zero-order chi connectivity index (χ0) is 18.7. The van der Waals surface area contributed by atoms with Crippen LogP contribution in [0, 0.1) is 11.7 Å². The van der Waals surface area contributed by atoms with Crippen LogP contribution in [0.1, 0.15) is 31.3 Å². The van der Waals surface area contributed by atoms with Crippen LogP contribution >= 0.6 is 0 Å². The van der Waals surface area contributed by atoms with E-state index in [0.717, 1.165) is 5.69 Å². The third kappa shape index (κ3) is 3.81. The van der Waals surface area contributed by atoms with Crippen molar-refractivity contribution in [1.82, 2.24) is 25.6 Å². The van der Waals surface area contributed by atoms with E-state index in [1.54, 1.807) is 4.68 Å². The van der Waals surface area contributed by atoms with Crippen molar-refractivity contribution in [3.05, 3.63) is 41.5 Å². The first kappa shape index (κ1) is 17.8. The van der Waals surface area contributed by atoms with Crippen molar-refractivity contribution in [3.63, 3.8) is 0 Å². The number of carbonyl (C=O) groups is 2. The van der Waals surface area contributed by atoms with Gasteiger partial charge >= 0.3 is 0 Å². The molecule has 1 aliphatic heterocycles. The molecule has 2 aromatic rings. The lowest BCUT2D eigenvalue weighted by Gasteiger charge is -2.26. The van der Waals surface area contributed by atoms with Gasteiger partial charge in [0.1, 0.15) is 23.3 Å². The van der Waals surface area contributed by atoms with Crippen LogP contribution in [0.5, 0.6) is 5.75 Å². The lowest BCUT2D eigenvalue weighted by Crippen LogP contribution is -2.42. The van der Waals surface area contributed by atoms with Crippen LogP contribution in [0.25, 0.3) is 0 Å². The van der Waals surface area contributed by atoms with Gasteiger partial charge in [-0.15, -0.1) is 5.10 Å². The van der Waals surface area contributed by atoms with Gasteiger partial charge in [-0.25, -0.2) is 9.07 Å². The zero-order valence-electron chi connectivity index (χ0n) is 14.5. The van der Waals surface area contributed by atoms with Crippen molar-refractivity contribution in [2.45, 2.75) is 33.0 Å². The van der Waals surface area contributed by atoms with E-state index in [4.69, 9.17) is 4.74 Å². The maximum Gasteiger partial charge on any atom is 0.258 e. The number of carbonyl (C=O) groups excluding carboxylic acids is 2. The minimum Gasteiger partial charge on any atom is -0.484 e. The van der Waals surface area contributed by atoms with Gasteiger partial charge in [-0.05, 0) is 30.2 Å². The number of fused-ring (bicyclic) bond motifs is 1. The van der Waals surface area contributed by atoms with Gasteiger partial charge in [0.25, 0.3) is 5.91 Å². The van der Waals surface area contributed by atoms with Gasteiger partial charge in [0, 0.05) is 0 Å². The van der Waals surface area contributed by atoms with Crippen molar-refractivity contribution in [2.75, 3.05) is 6.61 Å². The van der Waals surface area contributed by atoms with Crippen LogP contribution in [-0.4, -0.2) is 33.4 Å². The quantitative estimate of drug-likeness (QED) is 0.798. The standard InChI is InChI=1S/C17H20FN5O3/c1-10(2)16-17(25)20-8-14-13(21-22-23(14)16)7-19-15(24)9-26-12-5-3-11(18)4-6-12/h3-6,10,16H,7-9H2,1-2H3,(H,19,24)(H,20,25). The molecule has 0 fully saturated rings. The number of benzene rings is 1. The lowest BCUT2D eigenvalue weighted by atomic mass is 10.0. The average Bonchev–Trinajstić information content (AvgIpc) is 3.01. The molecule has 2 amide bonds. The summed E-state index contributed by atoms with van der Waals surface area (Å²) in [6, 6.07) is 5.02. The highest BCUT2D eigenvalue weighted by Gasteiger charge is 2.32. The third-order valence-corrected chi connectivity index (χ3v) is 4.10. The molecule has 9 heteroatoms. The Labute approximate surface area is 149 Å². The summed E-state index contributed by atoms with van der Waals surface area (Å²) in [5, 5.41) is 13.7. The Morgan fingerprint density at radius 1 is 1.42 bits per heavy atom. The fourth-order valence-electron chi connectivity index (χ4n) is 2.77. The van der Waals surface area contributed by atoms with Gasteiger partial charge in [0.2, 0.25) is 5.91 Å². The molecule has 8 nitrogen and oxygen atoms in total. The van der Waals surface area contributed by atoms with E-state index in [1.807, 2.05) is 13.8 Å². The largest absolute Gasteiger partial charge is 0.484 e. The fraction of sp³-hybridized carbons (Fsp3) is 0.412. The van der Waals surface area contributed by atoms with E-state index in [-0.39, 0.29) is 36.7 Å². The summed E-state index contributed by atoms with van der Waals surface area (Å²) in [7, 11) is 0. The Morgan fingerprint density at radius 3 is 2.85 bits per heavy atom. The molecule has 138 valence electrons. The normalized spacial score (nSPS) is 16.2. The molecule has 0 saturated heterocycles. The smallest absolute Gasteiger partial charge is 0.258 e. The third-order valence-electron chi connectivity index (χ3n) is 4.10. The van der Waals surface area contributed by atoms with Crippen molar-refractivity contribution in [2.24, 2.45) is 5.92 Å². The van der Waals surface area contributed by atoms with Gasteiger partial charge in [0.15, 0.2) is 6.61 Å². The number of amides is 2. The summed E-state index contributed by atoms with van der Waals surface area (Å²) < 4.78 is 19.7. The van der Waals surface area contributed by atoms with Crippen LogP contribution < -0.4 is 15.4 Å². The molecule has 0 bridgehead atoms.